The van der Waals surface area contributed by atoms with E-state index in [-0.39, 0.29) is 5.91 Å². The molecule has 154 valence electrons. The number of ether oxygens (including phenoxy) is 2. The van der Waals surface area contributed by atoms with Crippen molar-refractivity contribution in [2.75, 3.05) is 18.6 Å². The molecule has 0 bridgehead atoms. The van der Waals surface area contributed by atoms with E-state index in [1.54, 1.807) is 73.8 Å². The third kappa shape index (κ3) is 5.04. The van der Waals surface area contributed by atoms with Gasteiger partial charge in [0.1, 0.15) is 5.75 Å². The molecule has 0 fully saturated rings. The van der Waals surface area contributed by atoms with Crippen LogP contribution in [0.25, 0.3) is 0 Å². The van der Waals surface area contributed by atoms with Crippen molar-refractivity contribution in [3.63, 3.8) is 0 Å². The molecule has 30 heavy (non-hydrogen) atoms. The number of hydrogen-bond acceptors (Lipinski definition) is 5. The predicted octanol–water partition coefficient (Wildman–Crippen LogP) is 4.88. The Labute approximate surface area is 183 Å². The fourth-order valence-electron chi connectivity index (χ4n) is 2.90. The van der Waals surface area contributed by atoms with Crippen LogP contribution in [-0.4, -0.2) is 30.6 Å². The zero-order valence-corrected chi connectivity index (χ0v) is 18.3. The van der Waals surface area contributed by atoms with Gasteiger partial charge in [0.05, 0.1) is 30.3 Å². The normalized spacial score (nSPS) is 10.4. The Hall–Kier alpha value is -3.19. The van der Waals surface area contributed by atoms with E-state index in [0.717, 1.165) is 5.56 Å². The minimum Gasteiger partial charge on any atom is -0.496 e. The molecule has 6 nitrogen and oxygen atoms in total. The molecular weight excluding hydrogens is 448 g/mol. The number of hydrogen-bond donors (Lipinski definition) is 0. The van der Waals surface area contributed by atoms with Crippen LogP contribution < -0.4 is 9.64 Å². The molecular formula is C23H21BrN2O4. The maximum atomic E-state index is 13.4. The fourth-order valence-corrected chi connectivity index (χ4v) is 3.44. The molecule has 1 amide bonds. The number of nitrogens with zero attached hydrogens (tertiary/aromatic N) is 2. The number of pyridine rings is 1. The summed E-state index contributed by atoms with van der Waals surface area (Å²) in [6.45, 7) is 2.41. The van der Waals surface area contributed by atoms with Crippen LogP contribution in [0.15, 0.2) is 71.5 Å². The van der Waals surface area contributed by atoms with Gasteiger partial charge in [-0.2, -0.15) is 0 Å². The Morgan fingerprint density at radius 1 is 1.00 bits per heavy atom. The van der Waals surface area contributed by atoms with Crippen molar-refractivity contribution in [1.82, 2.24) is 4.98 Å². The first kappa shape index (κ1) is 21.5. The van der Waals surface area contributed by atoms with E-state index in [0.29, 0.717) is 40.2 Å². The van der Waals surface area contributed by atoms with Gasteiger partial charge in [-0.1, -0.05) is 0 Å². The maximum Gasteiger partial charge on any atom is 0.338 e. The molecule has 0 aliphatic rings. The van der Waals surface area contributed by atoms with Crippen LogP contribution in [0.3, 0.4) is 0 Å². The number of methoxy groups -OCH3 is 1. The van der Waals surface area contributed by atoms with Gasteiger partial charge in [0.2, 0.25) is 0 Å². The summed E-state index contributed by atoms with van der Waals surface area (Å²) in [5.74, 6) is 0.0696. The van der Waals surface area contributed by atoms with Crippen molar-refractivity contribution in [3.05, 3.63) is 88.2 Å². The highest BCUT2D eigenvalue weighted by Crippen LogP contribution is 2.28. The van der Waals surface area contributed by atoms with Crippen LogP contribution in [0.1, 0.15) is 33.2 Å². The fraction of sp³-hybridized carbons (Fsp3) is 0.174. The lowest BCUT2D eigenvalue weighted by molar-refractivity contribution is 0.0526. The molecule has 0 atom stereocenters. The Morgan fingerprint density at radius 3 is 2.27 bits per heavy atom. The van der Waals surface area contributed by atoms with E-state index in [9.17, 15) is 9.59 Å². The summed E-state index contributed by atoms with van der Waals surface area (Å²) in [4.78, 5) is 31.0. The summed E-state index contributed by atoms with van der Waals surface area (Å²) in [5.41, 5.74) is 2.53. The van der Waals surface area contributed by atoms with E-state index < -0.39 is 5.97 Å². The zero-order valence-electron chi connectivity index (χ0n) is 16.7. The number of carbonyl (C=O) groups is 2. The Kier molecular flexibility index (Phi) is 7.19. The molecule has 0 saturated carbocycles. The van der Waals surface area contributed by atoms with Crippen LogP contribution in [0, 0.1) is 0 Å². The second kappa shape index (κ2) is 10.0. The highest BCUT2D eigenvalue weighted by atomic mass is 79.9. The summed E-state index contributed by atoms with van der Waals surface area (Å²) in [6.07, 6.45) is 3.37. The average Bonchev–Trinajstić information content (AvgIpc) is 2.78. The monoisotopic (exact) mass is 468 g/mol. The summed E-state index contributed by atoms with van der Waals surface area (Å²) in [5, 5.41) is 0. The Balaban J connectivity index is 1.95. The number of carbonyl (C=O) groups excluding carboxylic acids is 2. The van der Waals surface area contributed by atoms with Crippen molar-refractivity contribution in [3.8, 4) is 5.75 Å². The smallest absolute Gasteiger partial charge is 0.338 e. The van der Waals surface area contributed by atoms with Gasteiger partial charge in [-0.15, -0.1) is 0 Å². The molecule has 0 spiro atoms. The van der Waals surface area contributed by atoms with Crippen LogP contribution >= 0.6 is 15.9 Å². The first-order valence-electron chi connectivity index (χ1n) is 9.35. The molecule has 1 aromatic heterocycles. The molecule has 0 N–H and O–H groups in total. The topological polar surface area (TPSA) is 68.7 Å². The van der Waals surface area contributed by atoms with E-state index in [1.807, 2.05) is 12.1 Å². The van der Waals surface area contributed by atoms with E-state index >= 15 is 0 Å². The number of halogens is 1. The number of esters is 1. The highest BCUT2D eigenvalue weighted by Gasteiger charge is 2.20. The standard InChI is InChI=1S/C23H21BrN2O4/c1-3-30-23(28)17-4-7-19(8-5-17)26(15-16-10-12-25-13-11-16)22(27)18-6-9-21(29-2)20(24)14-18/h4-14H,3,15H2,1-2H3. The molecule has 3 rings (SSSR count). The predicted molar refractivity (Wildman–Crippen MR) is 118 cm³/mol. The number of benzene rings is 2. The lowest BCUT2D eigenvalue weighted by Crippen LogP contribution is -2.30. The third-order valence-electron chi connectivity index (χ3n) is 4.42. The average molecular weight is 469 g/mol. The summed E-state index contributed by atoms with van der Waals surface area (Å²) >= 11 is 3.43. The molecule has 3 aromatic rings. The summed E-state index contributed by atoms with van der Waals surface area (Å²) in [7, 11) is 1.57. The van der Waals surface area contributed by atoms with Crippen molar-refractivity contribution < 1.29 is 19.1 Å². The minimum atomic E-state index is -0.393. The van der Waals surface area contributed by atoms with Gasteiger partial charge in [-0.3, -0.25) is 9.78 Å². The molecule has 2 aromatic carbocycles. The lowest BCUT2D eigenvalue weighted by Gasteiger charge is -2.23. The van der Waals surface area contributed by atoms with Crippen LogP contribution in [0.4, 0.5) is 5.69 Å². The number of aromatic nitrogens is 1. The zero-order chi connectivity index (χ0) is 21.5. The van der Waals surface area contributed by atoms with Crippen LogP contribution in [-0.2, 0) is 11.3 Å². The van der Waals surface area contributed by atoms with Crippen LogP contribution in [0.5, 0.6) is 5.75 Å². The lowest BCUT2D eigenvalue weighted by atomic mass is 10.1. The van der Waals surface area contributed by atoms with Crippen molar-refractivity contribution in [1.29, 1.82) is 0 Å². The van der Waals surface area contributed by atoms with Crippen molar-refractivity contribution in [2.45, 2.75) is 13.5 Å². The molecule has 1 heterocycles. The molecule has 0 aliphatic heterocycles. The quantitative estimate of drug-likeness (QED) is 0.462. The number of rotatable bonds is 7. The largest absolute Gasteiger partial charge is 0.496 e. The molecule has 7 heteroatoms. The molecule has 0 saturated heterocycles. The van der Waals surface area contributed by atoms with Gasteiger partial charge in [-0.25, -0.2) is 4.79 Å². The minimum absolute atomic E-state index is 0.181. The Bertz CT molecular complexity index is 1020. The molecule has 0 radical (unpaired) electrons. The van der Waals surface area contributed by atoms with E-state index in [4.69, 9.17) is 9.47 Å². The van der Waals surface area contributed by atoms with Gasteiger partial charge < -0.3 is 14.4 Å². The van der Waals surface area contributed by atoms with Gasteiger partial charge >= 0.3 is 5.97 Å². The summed E-state index contributed by atoms with van der Waals surface area (Å²) < 4.78 is 11.0. The first-order valence-corrected chi connectivity index (χ1v) is 10.1. The SMILES string of the molecule is CCOC(=O)c1ccc(N(Cc2ccncc2)C(=O)c2ccc(OC)c(Br)c2)cc1. The van der Waals surface area contributed by atoms with Gasteiger partial charge in [0.15, 0.2) is 0 Å². The summed E-state index contributed by atoms with van der Waals surface area (Å²) in [6, 6.07) is 15.7. The first-order chi connectivity index (χ1) is 14.5. The molecule has 0 aliphatic carbocycles. The van der Waals surface area contributed by atoms with Crippen molar-refractivity contribution >= 4 is 33.5 Å². The number of amides is 1. The molecule has 0 unspecified atom stereocenters. The van der Waals surface area contributed by atoms with Gasteiger partial charge in [0, 0.05) is 23.6 Å². The van der Waals surface area contributed by atoms with Gasteiger partial charge in [0.25, 0.3) is 5.91 Å². The van der Waals surface area contributed by atoms with E-state index in [2.05, 4.69) is 20.9 Å². The second-order valence-electron chi connectivity index (χ2n) is 6.36. The van der Waals surface area contributed by atoms with Gasteiger partial charge in [-0.05, 0) is 83.0 Å². The van der Waals surface area contributed by atoms with E-state index in [1.165, 1.54) is 0 Å². The number of anilines is 1. The Morgan fingerprint density at radius 2 is 1.67 bits per heavy atom. The highest BCUT2D eigenvalue weighted by molar-refractivity contribution is 9.10. The van der Waals surface area contributed by atoms with Crippen molar-refractivity contribution in [2.24, 2.45) is 0 Å². The van der Waals surface area contributed by atoms with Crippen LogP contribution in [0.2, 0.25) is 0 Å². The maximum absolute atomic E-state index is 13.4. The third-order valence-corrected chi connectivity index (χ3v) is 5.04. The second-order valence-corrected chi connectivity index (χ2v) is 7.22.